The van der Waals surface area contributed by atoms with Crippen LogP contribution >= 0.6 is 15.9 Å². The molecule has 1 saturated heterocycles. The van der Waals surface area contributed by atoms with Gasteiger partial charge in [0.1, 0.15) is 18.1 Å². The van der Waals surface area contributed by atoms with E-state index in [-0.39, 0.29) is 24.2 Å². The molecule has 5 rings (SSSR count). The number of nitrogens with one attached hydrogen (secondary N) is 1. The minimum Gasteiger partial charge on any atom is -0.342 e. The summed E-state index contributed by atoms with van der Waals surface area (Å²) in [5.74, 6) is -0.581. The van der Waals surface area contributed by atoms with Crippen molar-refractivity contribution in [2.24, 2.45) is 0 Å². The highest BCUT2D eigenvalue weighted by Crippen LogP contribution is 2.35. The predicted molar refractivity (Wildman–Crippen MR) is 142 cm³/mol. The van der Waals surface area contributed by atoms with Gasteiger partial charge < -0.3 is 15.0 Å². The van der Waals surface area contributed by atoms with E-state index in [0.717, 1.165) is 32.5 Å². The molecule has 1 N–H and O–H groups in total. The monoisotopic (exact) mass is 562 g/mol. The lowest BCUT2D eigenvalue weighted by Gasteiger charge is -2.23. The molecule has 0 unspecified atom stereocenters. The van der Waals surface area contributed by atoms with E-state index in [4.69, 9.17) is 9.84 Å². The maximum Gasteiger partial charge on any atom is 0.251 e. The average molecular weight is 563 g/mol. The number of anilines is 1. The fourth-order valence-electron chi connectivity index (χ4n) is 4.28. The van der Waals surface area contributed by atoms with Crippen LogP contribution in [-0.4, -0.2) is 39.6 Å². The van der Waals surface area contributed by atoms with Crippen LogP contribution in [0.2, 0.25) is 0 Å². The van der Waals surface area contributed by atoms with Gasteiger partial charge in [-0.25, -0.2) is 9.07 Å². The Bertz CT molecular complexity index is 1420. The van der Waals surface area contributed by atoms with Crippen molar-refractivity contribution in [3.05, 3.63) is 101 Å². The zero-order valence-corrected chi connectivity index (χ0v) is 21.6. The van der Waals surface area contributed by atoms with Crippen LogP contribution in [0.1, 0.15) is 24.4 Å². The third-order valence-electron chi connectivity index (χ3n) is 6.11. The van der Waals surface area contributed by atoms with Crippen LogP contribution in [0.25, 0.3) is 16.8 Å². The van der Waals surface area contributed by atoms with Gasteiger partial charge in [0.2, 0.25) is 5.91 Å². The lowest BCUT2D eigenvalue weighted by atomic mass is 10.1. The Labute approximate surface area is 222 Å². The van der Waals surface area contributed by atoms with Crippen molar-refractivity contribution in [2.45, 2.75) is 19.6 Å². The van der Waals surface area contributed by atoms with Gasteiger partial charge in [0.15, 0.2) is 6.23 Å². The molecule has 1 fully saturated rings. The fourth-order valence-corrected chi connectivity index (χ4v) is 4.54. The maximum absolute atomic E-state index is 13.7. The summed E-state index contributed by atoms with van der Waals surface area (Å²) in [4.78, 5) is 25.8. The quantitative estimate of drug-likeness (QED) is 0.322. The van der Waals surface area contributed by atoms with Crippen LogP contribution in [0, 0.1) is 5.82 Å². The first-order valence-electron chi connectivity index (χ1n) is 11.8. The first kappa shape index (κ1) is 24.9. The van der Waals surface area contributed by atoms with E-state index in [1.807, 2.05) is 54.7 Å². The molecule has 3 aromatic carbocycles. The van der Waals surface area contributed by atoms with Crippen LogP contribution in [0.5, 0.6) is 0 Å². The summed E-state index contributed by atoms with van der Waals surface area (Å²) in [6.45, 7) is 1.85. The smallest absolute Gasteiger partial charge is 0.251 e. The number of nitrogens with zero attached hydrogens (tertiary/aromatic N) is 3. The number of benzene rings is 3. The molecule has 37 heavy (non-hydrogen) atoms. The minimum absolute atomic E-state index is 0.0415. The van der Waals surface area contributed by atoms with Gasteiger partial charge in [-0.2, -0.15) is 5.10 Å². The lowest BCUT2D eigenvalue weighted by Crippen LogP contribution is -2.31. The Hall–Kier alpha value is -3.82. The number of halogens is 2. The van der Waals surface area contributed by atoms with E-state index in [0.29, 0.717) is 18.7 Å². The zero-order chi connectivity index (χ0) is 25.9. The topological polar surface area (TPSA) is 76.5 Å². The Morgan fingerprint density at radius 1 is 1.08 bits per heavy atom. The molecule has 1 aliphatic heterocycles. The largest absolute Gasteiger partial charge is 0.342 e. The number of hydrogen-bond donors (Lipinski definition) is 1. The molecule has 4 aromatic rings. The minimum atomic E-state index is -0.678. The second kappa shape index (κ2) is 10.7. The summed E-state index contributed by atoms with van der Waals surface area (Å²) in [6, 6.07) is 21.4. The molecule has 188 valence electrons. The third kappa shape index (κ3) is 5.63. The summed E-state index contributed by atoms with van der Waals surface area (Å²) in [6.07, 6.45) is 1.80. The zero-order valence-electron chi connectivity index (χ0n) is 20.0. The number of ether oxygens (including phenoxy) is 1. The summed E-state index contributed by atoms with van der Waals surface area (Å²) >= 11 is 3.45. The van der Waals surface area contributed by atoms with Gasteiger partial charge in [0.05, 0.1) is 5.69 Å². The average Bonchev–Trinajstić information content (AvgIpc) is 3.48. The van der Waals surface area contributed by atoms with Crippen LogP contribution in [-0.2, 0) is 20.7 Å². The van der Waals surface area contributed by atoms with Crippen molar-refractivity contribution >= 4 is 33.4 Å². The van der Waals surface area contributed by atoms with E-state index in [1.165, 1.54) is 19.1 Å². The normalized spacial score (nSPS) is 15.3. The highest BCUT2D eigenvalue weighted by Gasteiger charge is 2.36. The first-order valence-corrected chi connectivity index (χ1v) is 12.6. The second-order valence-corrected chi connectivity index (χ2v) is 9.65. The Kier molecular flexibility index (Phi) is 7.16. The third-order valence-corrected chi connectivity index (χ3v) is 6.64. The van der Waals surface area contributed by atoms with E-state index in [2.05, 4.69) is 21.2 Å². The molecule has 0 radical (unpaired) electrons. The van der Waals surface area contributed by atoms with E-state index < -0.39 is 6.23 Å². The molecule has 2 amide bonds. The molecule has 0 spiro atoms. The maximum atomic E-state index is 13.7. The molecule has 0 aliphatic carbocycles. The molecule has 1 aliphatic rings. The Balaban J connectivity index is 1.44. The highest BCUT2D eigenvalue weighted by atomic mass is 79.9. The number of amides is 2. The van der Waals surface area contributed by atoms with Crippen molar-refractivity contribution in [3.8, 4) is 16.8 Å². The molecule has 0 saturated carbocycles. The fraction of sp³-hybridized carbons (Fsp3) is 0.179. The standard InChI is InChI=1S/C28H24BrFN4O3/c1-18(35)31-23-10-2-19(3-11-23)14-15-33-26(36)17-37-28(33)27-25(20-4-8-22(30)9-5-20)16-34(32-27)24-12-6-21(29)7-13-24/h2-13,16,28H,14-15,17H2,1H3,(H,31,35)/t28-/m1/s1. The first-order chi connectivity index (χ1) is 17.9. The van der Waals surface area contributed by atoms with Gasteiger partial charge in [-0.05, 0) is 66.1 Å². The molecule has 2 heterocycles. The van der Waals surface area contributed by atoms with Crippen molar-refractivity contribution < 1.29 is 18.7 Å². The molecule has 1 atom stereocenters. The summed E-state index contributed by atoms with van der Waals surface area (Å²) in [5, 5.41) is 7.57. The van der Waals surface area contributed by atoms with Crippen LogP contribution in [0.15, 0.2) is 83.5 Å². The van der Waals surface area contributed by atoms with E-state index >= 15 is 0 Å². The van der Waals surface area contributed by atoms with Gasteiger partial charge >= 0.3 is 0 Å². The molecule has 1 aromatic heterocycles. The summed E-state index contributed by atoms with van der Waals surface area (Å²) in [5.41, 5.74) is 4.70. The van der Waals surface area contributed by atoms with Gasteiger partial charge in [-0.15, -0.1) is 0 Å². The van der Waals surface area contributed by atoms with Crippen molar-refractivity contribution in [1.29, 1.82) is 0 Å². The van der Waals surface area contributed by atoms with E-state index in [9.17, 15) is 14.0 Å². The van der Waals surface area contributed by atoms with Gasteiger partial charge in [0, 0.05) is 35.4 Å². The number of carbonyl (C=O) groups is 2. The van der Waals surface area contributed by atoms with Crippen molar-refractivity contribution in [2.75, 3.05) is 18.5 Å². The van der Waals surface area contributed by atoms with Gasteiger partial charge in [-0.1, -0.05) is 40.2 Å². The number of rotatable bonds is 7. The van der Waals surface area contributed by atoms with Crippen molar-refractivity contribution in [3.63, 3.8) is 0 Å². The summed E-state index contributed by atoms with van der Waals surface area (Å²) in [7, 11) is 0. The van der Waals surface area contributed by atoms with Crippen LogP contribution in [0.3, 0.4) is 0 Å². The lowest BCUT2D eigenvalue weighted by molar-refractivity contribution is -0.128. The van der Waals surface area contributed by atoms with E-state index in [1.54, 1.807) is 21.7 Å². The molecular formula is C28H24BrFN4O3. The Morgan fingerprint density at radius 2 is 1.78 bits per heavy atom. The highest BCUT2D eigenvalue weighted by molar-refractivity contribution is 9.10. The van der Waals surface area contributed by atoms with Crippen LogP contribution in [0.4, 0.5) is 10.1 Å². The van der Waals surface area contributed by atoms with Crippen molar-refractivity contribution in [1.82, 2.24) is 14.7 Å². The molecule has 7 nitrogen and oxygen atoms in total. The predicted octanol–water partition coefficient (Wildman–Crippen LogP) is 5.50. The van der Waals surface area contributed by atoms with Gasteiger partial charge in [0.25, 0.3) is 5.91 Å². The second-order valence-electron chi connectivity index (χ2n) is 8.73. The summed E-state index contributed by atoms with van der Waals surface area (Å²) < 4.78 is 22.3. The number of hydrogen-bond acceptors (Lipinski definition) is 4. The number of aromatic nitrogens is 2. The SMILES string of the molecule is CC(=O)Nc1ccc(CCN2C(=O)CO[C@@H]2c2nn(-c3ccc(Br)cc3)cc2-c2ccc(F)cc2)cc1. The van der Waals surface area contributed by atoms with Gasteiger partial charge in [-0.3, -0.25) is 9.59 Å². The molecule has 0 bridgehead atoms. The molecule has 9 heteroatoms. The Morgan fingerprint density at radius 3 is 2.46 bits per heavy atom. The molecular weight excluding hydrogens is 539 g/mol. The van der Waals surface area contributed by atoms with Crippen LogP contribution < -0.4 is 5.32 Å². The number of carbonyl (C=O) groups excluding carboxylic acids is 2.